The van der Waals surface area contributed by atoms with Crippen LogP contribution in [0, 0.1) is 17.8 Å². The first-order valence-electron chi connectivity index (χ1n) is 8.58. The molecule has 2 amide bonds. The summed E-state index contributed by atoms with van der Waals surface area (Å²) in [6.07, 6.45) is 2.97. The van der Waals surface area contributed by atoms with E-state index in [9.17, 15) is 9.59 Å². The standard InChI is InChI=1S/C17H31N3O2/c1-13-9-14(2)11-20(10-13)16(21)12-19-7-5-15(6-8-19)17(22)18(3)4/h13-15H,5-12H2,1-4H3. The molecule has 22 heavy (non-hydrogen) atoms. The van der Waals surface area contributed by atoms with E-state index in [1.54, 1.807) is 4.90 Å². The second-order valence-corrected chi connectivity index (χ2v) is 7.53. The van der Waals surface area contributed by atoms with Gasteiger partial charge < -0.3 is 9.80 Å². The average Bonchev–Trinajstić information content (AvgIpc) is 2.46. The van der Waals surface area contributed by atoms with Gasteiger partial charge in [0.1, 0.15) is 0 Å². The van der Waals surface area contributed by atoms with Gasteiger partial charge in [0.25, 0.3) is 0 Å². The van der Waals surface area contributed by atoms with E-state index in [2.05, 4.69) is 18.7 Å². The van der Waals surface area contributed by atoms with Crippen molar-refractivity contribution in [2.24, 2.45) is 17.8 Å². The van der Waals surface area contributed by atoms with Gasteiger partial charge in [0.15, 0.2) is 0 Å². The van der Waals surface area contributed by atoms with Gasteiger partial charge in [-0.05, 0) is 44.2 Å². The maximum absolute atomic E-state index is 12.5. The minimum Gasteiger partial charge on any atom is -0.349 e. The van der Waals surface area contributed by atoms with E-state index < -0.39 is 0 Å². The number of hydrogen-bond acceptors (Lipinski definition) is 3. The highest BCUT2D eigenvalue weighted by atomic mass is 16.2. The summed E-state index contributed by atoms with van der Waals surface area (Å²) in [5.41, 5.74) is 0. The van der Waals surface area contributed by atoms with Crippen molar-refractivity contribution in [3.8, 4) is 0 Å². The number of hydrogen-bond donors (Lipinski definition) is 0. The minimum absolute atomic E-state index is 0.136. The molecule has 0 spiro atoms. The molecular weight excluding hydrogens is 278 g/mol. The van der Waals surface area contributed by atoms with Crippen LogP contribution in [0.3, 0.4) is 0 Å². The second-order valence-electron chi connectivity index (χ2n) is 7.53. The van der Waals surface area contributed by atoms with Crippen molar-refractivity contribution in [3.63, 3.8) is 0 Å². The lowest BCUT2D eigenvalue weighted by molar-refractivity contribution is -0.136. The summed E-state index contributed by atoms with van der Waals surface area (Å²) in [6, 6.07) is 0. The molecule has 2 saturated heterocycles. The largest absolute Gasteiger partial charge is 0.349 e. The fourth-order valence-corrected chi connectivity index (χ4v) is 3.86. The normalized spacial score (nSPS) is 27.7. The Labute approximate surface area is 134 Å². The van der Waals surface area contributed by atoms with Crippen molar-refractivity contribution >= 4 is 11.8 Å². The van der Waals surface area contributed by atoms with Crippen molar-refractivity contribution < 1.29 is 9.59 Å². The SMILES string of the molecule is CC1CC(C)CN(C(=O)CN2CCC(C(=O)N(C)C)CC2)C1. The molecule has 0 aromatic carbocycles. The van der Waals surface area contributed by atoms with Crippen LogP contribution in [0.1, 0.15) is 33.1 Å². The first-order chi connectivity index (χ1) is 10.4. The number of piperidine rings is 2. The van der Waals surface area contributed by atoms with E-state index in [0.717, 1.165) is 39.0 Å². The van der Waals surface area contributed by atoms with Crippen molar-refractivity contribution in [1.82, 2.24) is 14.7 Å². The summed E-state index contributed by atoms with van der Waals surface area (Å²) < 4.78 is 0. The fourth-order valence-electron chi connectivity index (χ4n) is 3.86. The molecular formula is C17H31N3O2. The van der Waals surface area contributed by atoms with Gasteiger partial charge in [0.2, 0.25) is 11.8 Å². The Bertz CT molecular complexity index is 393. The second kappa shape index (κ2) is 7.44. The number of nitrogens with zero attached hydrogens (tertiary/aromatic N) is 3. The Kier molecular flexibility index (Phi) is 5.84. The van der Waals surface area contributed by atoms with Crippen LogP contribution in [0.5, 0.6) is 0 Å². The molecule has 0 saturated carbocycles. The highest BCUT2D eigenvalue weighted by molar-refractivity contribution is 5.79. The molecule has 0 aromatic rings. The molecule has 0 aromatic heterocycles. The first-order valence-corrected chi connectivity index (χ1v) is 8.58. The summed E-state index contributed by atoms with van der Waals surface area (Å²) in [7, 11) is 3.63. The fraction of sp³-hybridized carbons (Fsp3) is 0.882. The predicted molar refractivity (Wildman–Crippen MR) is 87.4 cm³/mol. The number of amides is 2. The summed E-state index contributed by atoms with van der Waals surface area (Å²) in [6.45, 7) is 8.49. The van der Waals surface area contributed by atoms with E-state index in [0.29, 0.717) is 18.4 Å². The molecule has 0 bridgehead atoms. The van der Waals surface area contributed by atoms with Crippen LogP contribution in [0.4, 0.5) is 0 Å². The zero-order valence-electron chi connectivity index (χ0n) is 14.5. The molecule has 2 atom stereocenters. The van der Waals surface area contributed by atoms with Crippen LogP contribution < -0.4 is 0 Å². The van der Waals surface area contributed by atoms with Gasteiger partial charge in [-0.2, -0.15) is 0 Å². The lowest BCUT2D eigenvalue weighted by Gasteiger charge is -2.37. The number of carbonyl (C=O) groups excluding carboxylic acids is 2. The summed E-state index contributed by atoms with van der Waals surface area (Å²) in [5.74, 6) is 1.84. The van der Waals surface area contributed by atoms with E-state index in [1.165, 1.54) is 6.42 Å². The van der Waals surface area contributed by atoms with Gasteiger partial charge in [-0.15, -0.1) is 0 Å². The summed E-state index contributed by atoms with van der Waals surface area (Å²) in [5, 5.41) is 0. The Hall–Kier alpha value is -1.10. The van der Waals surface area contributed by atoms with Gasteiger partial charge in [0, 0.05) is 33.1 Å². The van der Waals surface area contributed by atoms with Gasteiger partial charge in [-0.1, -0.05) is 13.8 Å². The molecule has 2 rings (SSSR count). The zero-order chi connectivity index (χ0) is 16.3. The van der Waals surface area contributed by atoms with Gasteiger partial charge in [-0.3, -0.25) is 14.5 Å². The van der Waals surface area contributed by atoms with Crippen LogP contribution in [-0.4, -0.2) is 73.3 Å². The monoisotopic (exact) mass is 309 g/mol. The van der Waals surface area contributed by atoms with Crippen molar-refractivity contribution in [3.05, 3.63) is 0 Å². The van der Waals surface area contributed by atoms with Crippen LogP contribution in [0.25, 0.3) is 0 Å². The molecule has 2 unspecified atom stereocenters. The van der Waals surface area contributed by atoms with E-state index in [1.807, 2.05) is 19.0 Å². The molecule has 5 nitrogen and oxygen atoms in total. The molecule has 0 radical (unpaired) electrons. The van der Waals surface area contributed by atoms with Crippen molar-refractivity contribution in [1.29, 1.82) is 0 Å². The third kappa shape index (κ3) is 4.45. The Morgan fingerprint density at radius 2 is 1.59 bits per heavy atom. The highest BCUT2D eigenvalue weighted by Gasteiger charge is 2.29. The van der Waals surface area contributed by atoms with Crippen LogP contribution in [-0.2, 0) is 9.59 Å². The maximum Gasteiger partial charge on any atom is 0.236 e. The highest BCUT2D eigenvalue weighted by Crippen LogP contribution is 2.22. The summed E-state index contributed by atoms with van der Waals surface area (Å²) >= 11 is 0. The lowest BCUT2D eigenvalue weighted by Crippen LogP contribution is -2.49. The Balaban J connectivity index is 1.78. The number of carbonyl (C=O) groups is 2. The third-order valence-corrected chi connectivity index (χ3v) is 4.96. The van der Waals surface area contributed by atoms with Crippen LogP contribution in [0.2, 0.25) is 0 Å². The Morgan fingerprint density at radius 3 is 2.09 bits per heavy atom. The average molecular weight is 309 g/mol. The van der Waals surface area contributed by atoms with Crippen molar-refractivity contribution in [2.75, 3.05) is 46.8 Å². The zero-order valence-corrected chi connectivity index (χ0v) is 14.5. The molecule has 0 N–H and O–H groups in total. The molecule has 2 fully saturated rings. The quantitative estimate of drug-likeness (QED) is 0.789. The molecule has 0 aliphatic carbocycles. The molecule has 126 valence electrons. The Morgan fingerprint density at radius 1 is 1.05 bits per heavy atom. The van der Waals surface area contributed by atoms with Crippen molar-refractivity contribution in [2.45, 2.75) is 33.1 Å². The molecule has 2 aliphatic rings. The number of rotatable bonds is 3. The van der Waals surface area contributed by atoms with E-state index >= 15 is 0 Å². The van der Waals surface area contributed by atoms with Gasteiger partial charge in [0.05, 0.1) is 6.54 Å². The van der Waals surface area contributed by atoms with Gasteiger partial charge in [-0.25, -0.2) is 0 Å². The molecule has 2 heterocycles. The molecule has 2 aliphatic heterocycles. The van der Waals surface area contributed by atoms with Crippen LogP contribution >= 0.6 is 0 Å². The first kappa shape index (κ1) is 17.3. The number of likely N-dealkylation sites (tertiary alicyclic amines) is 2. The summed E-state index contributed by atoms with van der Waals surface area (Å²) in [4.78, 5) is 30.4. The van der Waals surface area contributed by atoms with E-state index in [4.69, 9.17) is 0 Å². The third-order valence-electron chi connectivity index (χ3n) is 4.96. The van der Waals surface area contributed by atoms with E-state index in [-0.39, 0.29) is 17.7 Å². The minimum atomic E-state index is 0.136. The maximum atomic E-state index is 12.5. The topological polar surface area (TPSA) is 43.9 Å². The van der Waals surface area contributed by atoms with Crippen LogP contribution in [0.15, 0.2) is 0 Å². The smallest absolute Gasteiger partial charge is 0.236 e. The van der Waals surface area contributed by atoms with Gasteiger partial charge >= 0.3 is 0 Å². The predicted octanol–water partition coefficient (Wildman–Crippen LogP) is 1.29. The molecule has 5 heteroatoms. The lowest BCUT2D eigenvalue weighted by atomic mass is 9.92.